The van der Waals surface area contributed by atoms with Gasteiger partial charge in [0.15, 0.2) is 5.37 Å². The average Bonchev–Trinajstić information content (AvgIpc) is 2.99. The second kappa shape index (κ2) is 11.1. The van der Waals surface area contributed by atoms with Crippen LogP contribution in [0, 0.1) is 0 Å². The highest BCUT2D eigenvalue weighted by Gasteiger charge is 2.34. The number of rotatable bonds is 7. The molecule has 0 spiro atoms. The number of benzene rings is 3. The minimum atomic E-state index is -1.10. The van der Waals surface area contributed by atoms with E-state index >= 15 is 0 Å². The number of amides is 4. The highest BCUT2D eigenvalue weighted by molar-refractivity contribution is 8.00. The number of fused-ring (bicyclic) bond motifs is 1. The van der Waals surface area contributed by atoms with Crippen molar-refractivity contribution in [2.45, 2.75) is 49.3 Å². The molecule has 0 unspecified atom stereocenters. The van der Waals surface area contributed by atoms with Crippen LogP contribution >= 0.6 is 11.8 Å². The first kappa shape index (κ1) is 26.2. The molecular weight excluding hydrogens is 486 g/mol. The lowest BCUT2D eigenvalue weighted by Crippen LogP contribution is -2.54. The van der Waals surface area contributed by atoms with Crippen molar-refractivity contribution in [2.75, 3.05) is 0 Å². The molecule has 4 amide bonds. The maximum atomic E-state index is 13.5. The lowest BCUT2D eigenvalue weighted by atomic mass is 9.98. The summed E-state index contributed by atoms with van der Waals surface area (Å²) in [5.74, 6) is -0.558. The standard InChI is InChI=1S/C28H31N5O3S/c1-28(2,30)26(35)32-24-25(34)33(17-21-8-4-6-10-23(21)37-24)16-18-11-13-19(14-12-18)22-9-5-3-7-20(22)15-31-27(29)36/h3-14,24H,15-17,30H2,1-2H3,(H,32,35)(H3,29,31,36)/t24-/m1/s1. The van der Waals surface area contributed by atoms with Crippen LogP contribution in [0.4, 0.5) is 4.79 Å². The van der Waals surface area contributed by atoms with Crippen molar-refractivity contribution in [2.24, 2.45) is 11.5 Å². The van der Waals surface area contributed by atoms with E-state index in [1.807, 2.05) is 72.8 Å². The maximum Gasteiger partial charge on any atom is 0.312 e. The highest BCUT2D eigenvalue weighted by atomic mass is 32.2. The summed E-state index contributed by atoms with van der Waals surface area (Å²) >= 11 is 1.34. The molecule has 0 fully saturated rings. The Labute approximate surface area is 220 Å². The molecule has 192 valence electrons. The largest absolute Gasteiger partial charge is 0.352 e. The summed E-state index contributed by atoms with van der Waals surface area (Å²) in [7, 11) is 0. The van der Waals surface area contributed by atoms with Crippen molar-refractivity contribution in [3.05, 3.63) is 89.5 Å². The van der Waals surface area contributed by atoms with Crippen molar-refractivity contribution in [1.82, 2.24) is 15.5 Å². The summed E-state index contributed by atoms with van der Waals surface area (Å²) in [5, 5.41) is 4.69. The predicted molar refractivity (Wildman–Crippen MR) is 145 cm³/mol. The van der Waals surface area contributed by atoms with Gasteiger partial charge in [0.1, 0.15) is 0 Å². The quantitative estimate of drug-likeness (QED) is 0.382. The van der Waals surface area contributed by atoms with Crippen molar-refractivity contribution in [3.8, 4) is 11.1 Å². The van der Waals surface area contributed by atoms with Crippen molar-refractivity contribution in [3.63, 3.8) is 0 Å². The fraction of sp³-hybridized carbons (Fsp3) is 0.250. The minimum absolute atomic E-state index is 0.175. The first-order chi connectivity index (χ1) is 17.6. The summed E-state index contributed by atoms with van der Waals surface area (Å²) in [6, 6.07) is 23.0. The molecule has 6 N–H and O–H groups in total. The third-order valence-corrected chi connectivity index (χ3v) is 7.28. The molecule has 1 aliphatic rings. The summed E-state index contributed by atoms with van der Waals surface area (Å²) in [4.78, 5) is 40.0. The molecule has 1 heterocycles. The maximum absolute atomic E-state index is 13.5. The minimum Gasteiger partial charge on any atom is -0.352 e. The number of nitrogens with two attached hydrogens (primary N) is 2. The third-order valence-electron chi connectivity index (χ3n) is 6.07. The van der Waals surface area contributed by atoms with E-state index < -0.39 is 16.9 Å². The van der Waals surface area contributed by atoms with Crippen LogP contribution in [0.5, 0.6) is 0 Å². The molecule has 9 heteroatoms. The number of carbonyl (C=O) groups excluding carboxylic acids is 3. The first-order valence-corrected chi connectivity index (χ1v) is 12.8. The van der Waals surface area contributed by atoms with Gasteiger partial charge in [-0.05, 0) is 47.7 Å². The van der Waals surface area contributed by atoms with Gasteiger partial charge in [-0.3, -0.25) is 9.59 Å². The van der Waals surface area contributed by atoms with Gasteiger partial charge in [-0.1, -0.05) is 78.5 Å². The number of urea groups is 1. The SMILES string of the molecule is CC(C)(N)C(=O)N[C@@H]1Sc2ccccc2CN(Cc2ccc(-c3ccccc3CNC(N)=O)cc2)C1=O. The Balaban J connectivity index is 1.56. The Morgan fingerprint density at radius 2 is 1.70 bits per heavy atom. The van der Waals surface area contributed by atoms with Gasteiger partial charge < -0.3 is 27.0 Å². The highest BCUT2D eigenvalue weighted by Crippen LogP contribution is 2.33. The van der Waals surface area contributed by atoms with Gasteiger partial charge in [0.25, 0.3) is 5.91 Å². The molecule has 0 saturated carbocycles. The van der Waals surface area contributed by atoms with Crippen LogP contribution in [0.1, 0.15) is 30.5 Å². The Bertz CT molecular complexity index is 1300. The molecule has 3 aromatic rings. The molecule has 37 heavy (non-hydrogen) atoms. The van der Waals surface area contributed by atoms with E-state index in [0.717, 1.165) is 32.7 Å². The normalized spacial score (nSPS) is 15.5. The summed E-state index contributed by atoms with van der Waals surface area (Å²) in [6.45, 7) is 4.38. The molecule has 1 atom stereocenters. The number of hydrogen-bond donors (Lipinski definition) is 4. The van der Waals surface area contributed by atoms with Gasteiger partial charge in [-0.25, -0.2) is 4.79 Å². The average molecular weight is 518 g/mol. The molecule has 8 nitrogen and oxygen atoms in total. The molecule has 3 aromatic carbocycles. The lowest BCUT2D eigenvalue weighted by Gasteiger charge is -2.27. The van der Waals surface area contributed by atoms with E-state index in [-0.39, 0.29) is 11.8 Å². The molecule has 4 rings (SSSR count). The van der Waals surface area contributed by atoms with E-state index in [9.17, 15) is 14.4 Å². The predicted octanol–water partition coefficient (Wildman–Crippen LogP) is 3.34. The number of thioether (sulfide) groups is 1. The number of primary amides is 1. The van der Waals surface area contributed by atoms with Crippen LogP contribution in [0.25, 0.3) is 11.1 Å². The summed E-state index contributed by atoms with van der Waals surface area (Å²) in [6.07, 6.45) is 0. The van der Waals surface area contributed by atoms with E-state index in [0.29, 0.717) is 19.6 Å². The van der Waals surface area contributed by atoms with Gasteiger partial charge in [0.2, 0.25) is 5.91 Å². The monoisotopic (exact) mass is 517 g/mol. The number of carbonyl (C=O) groups is 3. The zero-order valence-electron chi connectivity index (χ0n) is 20.9. The topological polar surface area (TPSA) is 131 Å². The fourth-order valence-electron chi connectivity index (χ4n) is 4.05. The smallest absolute Gasteiger partial charge is 0.312 e. The summed E-state index contributed by atoms with van der Waals surface area (Å²) in [5.41, 5.74) is 15.0. The lowest BCUT2D eigenvalue weighted by molar-refractivity contribution is -0.135. The van der Waals surface area contributed by atoms with Crippen LogP contribution in [0.15, 0.2) is 77.7 Å². The Morgan fingerprint density at radius 3 is 2.41 bits per heavy atom. The van der Waals surface area contributed by atoms with Crippen molar-refractivity contribution < 1.29 is 14.4 Å². The third kappa shape index (κ3) is 6.49. The Kier molecular flexibility index (Phi) is 7.85. The van der Waals surface area contributed by atoms with E-state index in [2.05, 4.69) is 10.6 Å². The fourth-order valence-corrected chi connectivity index (χ4v) is 5.17. The van der Waals surface area contributed by atoms with E-state index in [1.165, 1.54) is 11.8 Å². The van der Waals surface area contributed by atoms with Gasteiger partial charge in [-0.2, -0.15) is 0 Å². The van der Waals surface area contributed by atoms with Crippen LogP contribution in [0.3, 0.4) is 0 Å². The van der Waals surface area contributed by atoms with Crippen LogP contribution in [-0.4, -0.2) is 33.7 Å². The molecule has 0 saturated heterocycles. The molecule has 0 aromatic heterocycles. The van der Waals surface area contributed by atoms with Gasteiger partial charge in [0, 0.05) is 24.5 Å². The number of nitrogens with zero attached hydrogens (tertiary/aromatic N) is 1. The zero-order valence-corrected chi connectivity index (χ0v) is 21.7. The van der Waals surface area contributed by atoms with Crippen LogP contribution in [0.2, 0.25) is 0 Å². The zero-order chi connectivity index (χ0) is 26.6. The molecule has 0 bridgehead atoms. The van der Waals surface area contributed by atoms with Crippen LogP contribution < -0.4 is 22.1 Å². The van der Waals surface area contributed by atoms with Crippen molar-refractivity contribution >= 4 is 29.6 Å². The van der Waals surface area contributed by atoms with Crippen molar-refractivity contribution in [1.29, 1.82) is 0 Å². The first-order valence-electron chi connectivity index (χ1n) is 12.0. The van der Waals surface area contributed by atoms with Gasteiger partial charge in [-0.15, -0.1) is 0 Å². The second-order valence-corrected chi connectivity index (χ2v) is 10.7. The number of nitrogens with one attached hydrogen (secondary N) is 2. The Hall–Kier alpha value is -3.82. The Morgan fingerprint density at radius 1 is 1.03 bits per heavy atom. The molecule has 0 aliphatic carbocycles. The van der Waals surface area contributed by atoms with Gasteiger partial charge in [0.05, 0.1) is 5.54 Å². The van der Waals surface area contributed by atoms with E-state index in [4.69, 9.17) is 11.5 Å². The number of hydrogen-bond acceptors (Lipinski definition) is 5. The molecule has 0 radical (unpaired) electrons. The van der Waals surface area contributed by atoms with Crippen LogP contribution in [-0.2, 0) is 29.2 Å². The second-order valence-electron chi connectivity index (χ2n) is 9.57. The van der Waals surface area contributed by atoms with E-state index in [1.54, 1.807) is 18.7 Å². The van der Waals surface area contributed by atoms with Gasteiger partial charge >= 0.3 is 6.03 Å². The summed E-state index contributed by atoms with van der Waals surface area (Å²) < 4.78 is 0. The molecule has 1 aliphatic heterocycles. The molecular formula is C28H31N5O3S.